The Morgan fingerprint density at radius 3 is 2.56 bits per heavy atom. The van der Waals surface area contributed by atoms with E-state index in [1.165, 1.54) is 10.4 Å². The van der Waals surface area contributed by atoms with Crippen LogP contribution in [0.3, 0.4) is 0 Å². The number of carbonyl (C=O) groups is 2. The SMILES string of the molecule is COc1ccc(C(=O)N(CC(=O)N2CCc3sccc3[C@H]2COc2ccc(C)cc2C)C2CC2)cc1. The third-order valence-corrected chi connectivity index (χ3v) is 8.03. The molecule has 1 fully saturated rings. The topological polar surface area (TPSA) is 59.1 Å². The minimum absolute atomic E-state index is 0.0326. The van der Waals surface area contributed by atoms with E-state index in [9.17, 15) is 9.59 Å². The normalized spacial score (nSPS) is 16.9. The van der Waals surface area contributed by atoms with Crippen LogP contribution in [0, 0.1) is 13.8 Å². The zero-order valence-electron chi connectivity index (χ0n) is 21.0. The van der Waals surface area contributed by atoms with E-state index < -0.39 is 0 Å². The van der Waals surface area contributed by atoms with E-state index in [1.54, 1.807) is 47.6 Å². The average molecular weight is 505 g/mol. The van der Waals surface area contributed by atoms with Gasteiger partial charge in [0.15, 0.2) is 0 Å². The van der Waals surface area contributed by atoms with Gasteiger partial charge >= 0.3 is 0 Å². The molecule has 2 aliphatic rings. The summed E-state index contributed by atoms with van der Waals surface area (Å²) in [5.74, 6) is 1.40. The molecule has 2 heterocycles. The van der Waals surface area contributed by atoms with Gasteiger partial charge in [0.1, 0.15) is 24.7 Å². The monoisotopic (exact) mass is 504 g/mol. The van der Waals surface area contributed by atoms with Gasteiger partial charge in [0.25, 0.3) is 5.91 Å². The van der Waals surface area contributed by atoms with Gasteiger partial charge < -0.3 is 19.3 Å². The highest BCUT2D eigenvalue weighted by molar-refractivity contribution is 7.10. The van der Waals surface area contributed by atoms with Crippen molar-refractivity contribution in [2.45, 2.75) is 45.2 Å². The molecule has 0 unspecified atom stereocenters. The van der Waals surface area contributed by atoms with Gasteiger partial charge in [0.2, 0.25) is 5.91 Å². The highest BCUT2D eigenvalue weighted by Gasteiger charge is 2.38. The molecule has 0 spiro atoms. The number of fused-ring (bicyclic) bond motifs is 1. The Kier molecular flexibility index (Phi) is 7.01. The number of methoxy groups -OCH3 is 1. The highest BCUT2D eigenvalue weighted by Crippen LogP contribution is 2.35. The molecule has 0 bridgehead atoms. The second-order valence-electron chi connectivity index (χ2n) is 9.62. The summed E-state index contributed by atoms with van der Waals surface area (Å²) in [6, 6.07) is 15.3. The first-order chi connectivity index (χ1) is 17.4. The number of amides is 2. The fraction of sp³-hybridized carbons (Fsp3) is 0.379. The first kappa shape index (κ1) is 24.4. The molecule has 0 saturated heterocycles. The van der Waals surface area contributed by atoms with E-state index in [4.69, 9.17) is 9.47 Å². The summed E-state index contributed by atoms with van der Waals surface area (Å²) in [6.45, 7) is 5.20. The lowest BCUT2D eigenvalue weighted by atomic mass is 10.00. The maximum absolute atomic E-state index is 13.7. The van der Waals surface area contributed by atoms with E-state index in [-0.39, 0.29) is 30.4 Å². The number of ether oxygens (including phenoxy) is 2. The van der Waals surface area contributed by atoms with Crippen molar-refractivity contribution >= 4 is 23.2 Å². The number of thiophene rings is 1. The molecule has 1 aliphatic heterocycles. The number of carbonyl (C=O) groups excluding carboxylic acids is 2. The number of hydrogen-bond donors (Lipinski definition) is 0. The van der Waals surface area contributed by atoms with Gasteiger partial charge in [0.05, 0.1) is 13.2 Å². The van der Waals surface area contributed by atoms with Gasteiger partial charge in [-0.15, -0.1) is 11.3 Å². The van der Waals surface area contributed by atoms with Gasteiger partial charge in [-0.05, 0) is 86.0 Å². The fourth-order valence-electron chi connectivity index (χ4n) is 4.89. The molecule has 2 aromatic carbocycles. The summed E-state index contributed by atoms with van der Waals surface area (Å²) in [5.41, 5.74) is 4.00. The maximum Gasteiger partial charge on any atom is 0.254 e. The summed E-state index contributed by atoms with van der Waals surface area (Å²) in [6.07, 6.45) is 2.70. The van der Waals surface area contributed by atoms with Gasteiger partial charge in [-0.25, -0.2) is 0 Å². The van der Waals surface area contributed by atoms with Crippen molar-refractivity contribution in [2.75, 3.05) is 26.8 Å². The second-order valence-corrected chi connectivity index (χ2v) is 10.6. The van der Waals surface area contributed by atoms with Crippen LogP contribution in [0.1, 0.15) is 50.8 Å². The molecule has 5 rings (SSSR count). The molecule has 0 N–H and O–H groups in total. The van der Waals surface area contributed by atoms with Crippen LogP contribution in [-0.2, 0) is 11.2 Å². The Labute approximate surface area is 216 Å². The van der Waals surface area contributed by atoms with Crippen molar-refractivity contribution in [2.24, 2.45) is 0 Å². The first-order valence-electron chi connectivity index (χ1n) is 12.5. The molecular formula is C29H32N2O4S. The van der Waals surface area contributed by atoms with Gasteiger partial charge in [-0.3, -0.25) is 9.59 Å². The molecule has 36 heavy (non-hydrogen) atoms. The molecule has 1 aromatic heterocycles. The highest BCUT2D eigenvalue weighted by atomic mass is 32.1. The minimum atomic E-state index is -0.176. The number of rotatable bonds is 8. The molecular weight excluding hydrogens is 472 g/mol. The molecule has 0 radical (unpaired) electrons. The summed E-state index contributed by atoms with van der Waals surface area (Å²) in [4.78, 5) is 32.0. The lowest BCUT2D eigenvalue weighted by Crippen LogP contribution is -2.48. The number of hydrogen-bond acceptors (Lipinski definition) is 5. The Morgan fingerprint density at radius 1 is 1.08 bits per heavy atom. The molecule has 1 atom stereocenters. The standard InChI is InChI=1S/C29H32N2O4S/c1-19-4-11-26(20(2)16-19)35-18-25-24-13-15-36-27(24)12-14-30(25)28(32)17-31(22-7-8-22)29(33)21-5-9-23(34-3)10-6-21/h4-6,9-11,13,15-16,22,25H,7-8,12,14,17-18H2,1-3H3/t25-/m1/s1. The van der Waals surface area contributed by atoms with E-state index in [1.807, 2.05) is 24.0 Å². The van der Waals surface area contributed by atoms with Crippen LogP contribution in [0.25, 0.3) is 0 Å². The molecule has 6 nitrogen and oxygen atoms in total. The van der Waals surface area contributed by atoms with Crippen LogP contribution >= 0.6 is 11.3 Å². The van der Waals surface area contributed by atoms with E-state index >= 15 is 0 Å². The minimum Gasteiger partial charge on any atom is -0.497 e. The van der Waals surface area contributed by atoms with E-state index in [0.717, 1.165) is 36.1 Å². The number of aryl methyl sites for hydroxylation is 2. The first-order valence-corrected chi connectivity index (χ1v) is 13.3. The smallest absolute Gasteiger partial charge is 0.254 e. The molecule has 2 amide bonds. The molecule has 3 aromatic rings. The van der Waals surface area contributed by atoms with Crippen molar-refractivity contribution in [3.05, 3.63) is 81.0 Å². The summed E-state index contributed by atoms with van der Waals surface area (Å²) in [5, 5.41) is 2.09. The molecule has 1 saturated carbocycles. The van der Waals surface area contributed by atoms with Gasteiger partial charge in [-0.1, -0.05) is 17.7 Å². The predicted octanol–water partition coefficient (Wildman–Crippen LogP) is 5.18. The van der Waals surface area contributed by atoms with Crippen LogP contribution in [0.2, 0.25) is 0 Å². The second kappa shape index (κ2) is 10.3. The number of benzene rings is 2. The van der Waals surface area contributed by atoms with Crippen molar-refractivity contribution in [3.63, 3.8) is 0 Å². The Hall–Kier alpha value is -3.32. The maximum atomic E-state index is 13.7. The van der Waals surface area contributed by atoms with Gasteiger partial charge in [-0.2, -0.15) is 0 Å². The van der Waals surface area contributed by atoms with Crippen LogP contribution in [0.5, 0.6) is 11.5 Å². The van der Waals surface area contributed by atoms with Crippen LogP contribution in [0.4, 0.5) is 0 Å². The van der Waals surface area contributed by atoms with Crippen molar-refractivity contribution in [1.82, 2.24) is 9.80 Å². The summed E-state index contributed by atoms with van der Waals surface area (Å²) >= 11 is 1.74. The molecule has 7 heteroatoms. The lowest BCUT2D eigenvalue weighted by molar-refractivity contribution is -0.135. The number of nitrogens with zero attached hydrogens (tertiary/aromatic N) is 2. The zero-order valence-corrected chi connectivity index (χ0v) is 21.8. The van der Waals surface area contributed by atoms with E-state index in [0.29, 0.717) is 24.5 Å². The van der Waals surface area contributed by atoms with Crippen LogP contribution in [0.15, 0.2) is 53.9 Å². The largest absolute Gasteiger partial charge is 0.497 e. The zero-order chi connectivity index (χ0) is 25.2. The van der Waals surface area contributed by atoms with E-state index in [2.05, 4.69) is 24.4 Å². The fourth-order valence-corrected chi connectivity index (χ4v) is 5.82. The van der Waals surface area contributed by atoms with Crippen molar-refractivity contribution in [3.8, 4) is 11.5 Å². The lowest BCUT2D eigenvalue weighted by Gasteiger charge is -2.37. The summed E-state index contributed by atoms with van der Waals surface area (Å²) < 4.78 is 11.5. The Balaban J connectivity index is 1.34. The third-order valence-electron chi connectivity index (χ3n) is 7.03. The molecule has 188 valence electrons. The molecule has 1 aliphatic carbocycles. The average Bonchev–Trinajstić information content (AvgIpc) is 3.61. The van der Waals surface area contributed by atoms with Crippen LogP contribution in [-0.4, -0.2) is 54.5 Å². The predicted molar refractivity (Wildman–Crippen MR) is 141 cm³/mol. The van der Waals surface area contributed by atoms with Gasteiger partial charge in [0, 0.05) is 23.0 Å². The Morgan fingerprint density at radius 2 is 1.86 bits per heavy atom. The summed E-state index contributed by atoms with van der Waals surface area (Å²) in [7, 11) is 1.60. The van der Waals surface area contributed by atoms with Crippen LogP contribution < -0.4 is 9.47 Å². The Bertz CT molecular complexity index is 1250. The third kappa shape index (κ3) is 5.12. The van der Waals surface area contributed by atoms with Crippen molar-refractivity contribution < 1.29 is 19.1 Å². The van der Waals surface area contributed by atoms with Crippen molar-refractivity contribution in [1.29, 1.82) is 0 Å². The quantitative estimate of drug-likeness (QED) is 0.424.